The van der Waals surface area contributed by atoms with Crippen molar-refractivity contribution in [2.75, 3.05) is 12.9 Å². The Bertz CT molecular complexity index is 512. The standard InChI is InChI=1S/C9H10BrNO4S/c1-3-16(13,14)7-4-6(10)5-11-8(7)9(12)15-2/h4-5H,3H2,1-2H3. The zero-order valence-corrected chi connectivity index (χ0v) is 11.1. The molecule has 1 aromatic rings. The number of methoxy groups -OCH3 is 1. The van der Waals surface area contributed by atoms with E-state index in [4.69, 9.17) is 0 Å². The largest absolute Gasteiger partial charge is 0.464 e. The van der Waals surface area contributed by atoms with Gasteiger partial charge in [0.25, 0.3) is 0 Å². The molecule has 1 heterocycles. The fraction of sp³-hybridized carbons (Fsp3) is 0.333. The Labute approximate surface area is 102 Å². The van der Waals surface area contributed by atoms with E-state index in [0.29, 0.717) is 4.47 Å². The fourth-order valence-electron chi connectivity index (χ4n) is 1.06. The number of pyridine rings is 1. The molecule has 0 N–H and O–H groups in total. The van der Waals surface area contributed by atoms with Crippen molar-refractivity contribution in [1.82, 2.24) is 4.98 Å². The summed E-state index contributed by atoms with van der Waals surface area (Å²) in [6.07, 6.45) is 1.35. The molecule has 0 aliphatic carbocycles. The predicted molar refractivity (Wildman–Crippen MR) is 61.0 cm³/mol. The minimum atomic E-state index is -3.50. The molecule has 0 amide bonds. The van der Waals surface area contributed by atoms with Crippen molar-refractivity contribution < 1.29 is 17.9 Å². The molecule has 0 unspecified atom stereocenters. The molecule has 88 valence electrons. The van der Waals surface area contributed by atoms with Gasteiger partial charge in [-0.25, -0.2) is 18.2 Å². The molecule has 1 aromatic heterocycles. The number of rotatable bonds is 3. The number of nitrogens with zero attached hydrogens (tertiary/aromatic N) is 1. The molecule has 7 heteroatoms. The first-order valence-electron chi connectivity index (χ1n) is 4.39. The maximum Gasteiger partial charge on any atom is 0.358 e. The van der Waals surface area contributed by atoms with Gasteiger partial charge in [0, 0.05) is 10.7 Å². The molecule has 0 aromatic carbocycles. The van der Waals surface area contributed by atoms with E-state index in [0.717, 1.165) is 0 Å². The quantitative estimate of drug-likeness (QED) is 0.790. The van der Waals surface area contributed by atoms with Gasteiger partial charge in [0.15, 0.2) is 15.5 Å². The SMILES string of the molecule is CCS(=O)(=O)c1cc(Br)cnc1C(=O)OC. The molecule has 0 atom stereocenters. The summed E-state index contributed by atoms with van der Waals surface area (Å²) in [5, 5.41) is 0. The van der Waals surface area contributed by atoms with Gasteiger partial charge >= 0.3 is 5.97 Å². The lowest BCUT2D eigenvalue weighted by Crippen LogP contribution is -2.14. The van der Waals surface area contributed by atoms with E-state index in [1.54, 1.807) is 0 Å². The Morgan fingerprint density at radius 1 is 1.56 bits per heavy atom. The molecular weight excluding hydrogens is 298 g/mol. The highest BCUT2D eigenvalue weighted by atomic mass is 79.9. The van der Waals surface area contributed by atoms with Crippen LogP contribution in [0.2, 0.25) is 0 Å². The lowest BCUT2D eigenvalue weighted by molar-refractivity contribution is 0.0589. The summed E-state index contributed by atoms with van der Waals surface area (Å²) < 4.78 is 28.4. The predicted octanol–water partition coefficient (Wildman–Crippen LogP) is 1.42. The Kier molecular flexibility index (Phi) is 4.03. The number of aromatic nitrogens is 1. The van der Waals surface area contributed by atoms with Crippen LogP contribution in [-0.4, -0.2) is 32.2 Å². The minimum Gasteiger partial charge on any atom is -0.464 e. The average molecular weight is 308 g/mol. The third-order valence-electron chi connectivity index (χ3n) is 1.91. The van der Waals surface area contributed by atoms with Gasteiger partial charge in [-0.2, -0.15) is 0 Å². The second-order valence-electron chi connectivity index (χ2n) is 2.90. The van der Waals surface area contributed by atoms with E-state index in [2.05, 4.69) is 25.7 Å². The Balaban J connectivity index is 3.47. The molecule has 0 aliphatic heterocycles. The molecule has 0 bridgehead atoms. The first-order valence-corrected chi connectivity index (χ1v) is 6.83. The van der Waals surface area contributed by atoms with Crippen molar-refractivity contribution in [2.24, 2.45) is 0 Å². The van der Waals surface area contributed by atoms with Gasteiger partial charge < -0.3 is 4.74 Å². The van der Waals surface area contributed by atoms with Crippen molar-refractivity contribution in [3.05, 3.63) is 22.4 Å². The normalized spacial score (nSPS) is 11.2. The molecule has 1 rings (SSSR count). The highest BCUT2D eigenvalue weighted by molar-refractivity contribution is 9.10. The van der Waals surface area contributed by atoms with Crippen LogP contribution in [0, 0.1) is 0 Å². The van der Waals surface area contributed by atoms with E-state index in [-0.39, 0.29) is 16.3 Å². The summed E-state index contributed by atoms with van der Waals surface area (Å²) in [7, 11) is -2.32. The monoisotopic (exact) mass is 307 g/mol. The molecule has 0 aliphatic rings. The van der Waals surface area contributed by atoms with Gasteiger partial charge in [-0.3, -0.25) is 0 Å². The second-order valence-corrected chi connectivity index (χ2v) is 6.06. The van der Waals surface area contributed by atoms with Crippen LogP contribution >= 0.6 is 15.9 Å². The Morgan fingerprint density at radius 2 is 2.19 bits per heavy atom. The lowest BCUT2D eigenvalue weighted by Gasteiger charge is -2.06. The third-order valence-corrected chi connectivity index (χ3v) is 4.09. The summed E-state index contributed by atoms with van der Waals surface area (Å²) in [5.41, 5.74) is -0.187. The van der Waals surface area contributed by atoms with Crippen molar-refractivity contribution in [3.8, 4) is 0 Å². The Morgan fingerprint density at radius 3 is 2.69 bits per heavy atom. The number of halogens is 1. The maximum atomic E-state index is 11.7. The number of hydrogen-bond donors (Lipinski definition) is 0. The zero-order valence-electron chi connectivity index (χ0n) is 8.73. The van der Waals surface area contributed by atoms with Crippen molar-refractivity contribution in [1.29, 1.82) is 0 Å². The van der Waals surface area contributed by atoms with Gasteiger partial charge in [-0.1, -0.05) is 6.92 Å². The smallest absolute Gasteiger partial charge is 0.358 e. The molecule has 0 spiro atoms. The van der Waals surface area contributed by atoms with E-state index < -0.39 is 15.8 Å². The third kappa shape index (κ3) is 2.59. The lowest BCUT2D eigenvalue weighted by atomic mass is 10.3. The average Bonchev–Trinajstić information content (AvgIpc) is 2.28. The molecule has 5 nitrogen and oxygen atoms in total. The number of hydrogen-bond acceptors (Lipinski definition) is 5. The van der Waals surface area contributed by atoms with E-state index in [1.807, 2.05) is 0 Å². The van der Waals surface area contributed by atoms with Crippen LogP contribution in [0.25, 0.3) is 0 Å². The van der Waals surface area contributed by atoms with Crippen LogP contribution in [0.3, 0.4) is 0 Å². The van der Waals surface area contributed by atoms with Gasteiger partial charge in [-0.15, -0.1) is 0 Å². The minimum absolute atomic E-state index is 0.102. The molecule has 0 saturated carbocycles. The van der Waals surface area contributed by atoms with Crippen LogP contribution in [0.1, 0.15) is 17.4 Å². The number of sulfone groups is 1. The first kappa shape index (κ1) is 13.1. The van der Waals surface area contributed by atoms with E-state index >= 15 is 0 Å². The van der Waals surface area contributed by atoms with Crippen molar-refractivity contribution >= 4 is 31.7 Å². The highest BCUT2D eigenvalue weighted by Gasteiger charge is 2.23. The molecule has 0 fully saturated rings. The number of ether oxygens (including phenoxy) is 1. The Hall–Kier alpha value is -0.950. The molecular formula is C9H10BrNO4S. The van der Waals surface area contributed by atoms with E-state index in [1.165, 1.54) is 26.3 Å². The van der Waals surface area contributed by atoms with Crippen molar-refractivity contribution in [2.45, 2.75) is 11.8 Å². The zero-order chi connectivity index (χ0) is 12.3. The second kappa shape index (κ2) is 4.92. The number of carbonyl (C=O) groups excluding carboxylic acids is 1. The summed E-state index contributed by atoms with van der Waals surface area (Å²) in [4.78, 5) is 15.0. The van der Waals surface area contributed by atoms with E-state index in [9.17, 15) is 13.2 Å². The van der Waals surface area contributed by atoms with Gasteiger partial charge in [0.2, 0.25) is 0 Å². The number of carbonyl (C=O) groups is 1. The molecule has 16 heavy (non-hydrogen) atoms. The molecule has 0 radical (unpaired) electrons. The van der Waals surface area contributed by atoms with Crippen LogP contribution in [-0.2, 0) is 14.6 Å². The summed E-state index contributed by atoms with van der Waals surface area (Å²) in [5.74, 6) is -0.866. The topological polar surface area (TPSA) is 73.3 Å². The highest BCUT2D eigenvalue weighted by Crippen LogP contribution is 2.20. The summed E-state index contributed by atoms with van der Waals surface area (Å²) in [6.45, 7) is 1.50. The number of esters is 1. The van der Waals surface area contributed by atoms with Crippen LogP contribution in [0.15, 0.2) is 21.6 Å². The fourth-order valence-corrected chi connectivity index (χ4v) is 2.59. The first-order chi connectivity index (χ1) is 7.42. The maximum absolute atomic E-state index is 11.7. The van der Waals surface area contributed by atoms with Crippen LogP contribution in [0.5, 0.6) is 0 Å². The molecule has 0 saturated heterocycles. The van der Waals surface area contributed by atoms with Crippen LogP contribution in [0.4, 0.5) is 0 Å². The van der Waals surface area contributed by atoms with Crippen molar-refractivity contribution in [3.63, 3.8) is 0 Å². The van der Waals surface area contributed by atoms with Gasteiger partial charge in [0.1, 0.15) is 4.90 Å². The van der Waals surface area contributed by atoms with Gasteiger partial charge in [-0.05, 0) is 22.0 Å². The summed E-state index contributed by atoms with van der Waals surface area (Å²) in [6, 6.07) is 1.35. The van der Waals surface area contributed by atoms with Crippen LogP contribution < -0.4 is 0 Å². The van der Waals surface area contributed by atoms with Gasteiger partial charge in [0.05, 0.1) is 12.9 Å². The summed E-state index contributed by atoms with van der Waals surface area (Å²) >= 11 is 3.11.